The maximum absolute atomic E-state index is 12.3. The van der Waals surface area contributed by atoms with Gasteiger partial charge in [0.25, 0.3) is 0 Å². The van der Waals surface area contributed by atoms with Crippen LogP contribution in [-0.4, -0.2) is 50.8 Å². The first-order valence-electron chi connectivity index (χ1n) is 7.84. The van der Waals surface area contributed by atoms with Crippen LogP contribution in [0.3, 0.4) is 0 Å². The molecule has 1 heterocycles. The van der Waals surface area contributed by atoms with E-state index in [9.17, 15) is 9.59 Å². The van der Waals surface area contributed by atoms with Gasteiger partial charge in [-0.2, -0.15) is 0 Å². The Kier molecular flexibility index (Phi) is 7.23. The first-order chi connectivity index (χ1) is 12.4. The van der Waals surface area contributed by atoms with E-state index >= 15 is 0 Å². The smallest absolute Gasteiger partial charge is 0.244 e. The van der Waals surface area contributed by atoms with Crippen LogP contribution in [0.5, 0.6) is 0 Å². The molecule has 0 aliphatic heterocycles. The Morgan fingerprint density at radius 2 is 2.12 bits per heavy atom. The molecule has 0 unspecified atom stereocenters. The summed E-state index contributed by atoms with van der Waals surface area (Å²) >= 11 is 7.28. The fourth-order valence-electron chi connectivity index (χ4n) is 2.10. The van der Waals surface area contributed by atoms with Gasteiger partial charge in [-0.1, -0.05) is 41.6 Å². The molecular formula is C17H20ClN5O2S. The zero-order valence-electron chi connectivity index (χ0n) is 14.6. The quantitative estimate of drug-likeness (QED) is 0.550. The number of nitrogens with zero attached hydrogens (tertiary/aromatic N) is 4. The summed E-state index contributed by atoms with van der Waals surface area (Å²) < 4.78 is 1.87. The molecule has 0 fully saturated rings. The zero-order valence-corrected chi connectivity index (χ0v) is 16.2. The second-order valence-electron chi connectivity index (χ2n) is 5.50. The molecule has 0 bridgehead atoms. The van der Waals surface area contributed by atoms with Crippen LogP contribution in [0, 0.1) is 6.92 Å². The molecule has 2 rings (SSSR count). The third-order valence-corrected chi connectivity index (χ3v) is 4.77. The number of thioether (sulfide) groups is 1. The van der Waals surface area contributed by atoms with Crippen LogP contribution in [0.25, 0.3) is 0 Å². The molecule has 0 radical (unpaired) electrons. The second kappa shape index (κ2) is 9.40. The van der Waals surface area contributed by atoms with Crippen LogP contribution in [0.4, 0.5) is 5.69 Å². The van der Waals surface area contributed by atoms with Gasteiger partial charge in [0, 0.05) is 13.6 Å². The van der Waals surface area contributed by atoms with Crippen molar-refractivity contribution in [3.05, 3.63) is 47.8 Å². The Bertz CT molecular complexity index is 808. The number of anilines is 1. The number of hydrogen-bond donors (Lipinski definition) is 1. The van der Waals surface area contributed by atoms with Gasteiger partial charge in [-0.3, -0.25) is 9.59 Å². The third-order valence-electron chi connectivity index (χ3n) is 3.49. The molecule has 0 spiro atoms. The number of benzene rings is 1. The lowest BCUT2D eigenvalue weighted by Gasteiger charge is -2.17. The molecule has 7 nitrogen and oxygen atoms in total. The fraction of sp³-hybridized carbons (Fsp3) is 0.294. The van der Waals surface area contributed by atoms with Gasteiger partial charge in [-0.25, -0.2) is 0 Å². The van der Waals surface area contributed by atoms with Crippen LogP contribution in [0.1, 0.15) is 5.82 Å². The molecule has 0 aliphatic rings. The van der Waals surface area contributed by atoms with E-state index in [4.69, 9.17) is 11.6 Å². The van der Waals surface area contributed by atoms with Crippen LogP contribution in [-0.2, 0) is 16.1 Å². The van der Waals surface area contributed by atoms with E-state index in [-0.39, 0.29) is 24.1 Å². The summed E-state index contributed by atoms with van der Waals surface area (Å²) in [6.45, 7) is 6.05. The van der Waals surface area contributed by atoms with E-state index in [0.717, 1.165) is 5.82 Å². The molecule has 1 aromatic heterocycles. The van der Waals surface area contributed by atoms with Crippen LogP contribution in [0.2, 0.25) is 5.02 Å². The highest BCUT2D eigenvalue weighted by molar-refractivity contribution is 7.99. The highest BCUT2D eigenvalue weighted by atomic mass is 35.5. The molecule has 26 heavy (non-hydrogen) atoms. The average molecular weight is 394 g/mol. The van der Waals surface area contributed by atoms with Gasteiger partial charge in [-0.15, -0.1) is 16.8 Å². The number of allylic oxidation sites excluding steroid dienone is 1. The first-order valence-corrected chi connectivity index (χ1v) is 9.20. The number of carbonyl (C=O) groups is 2. The molecule has 1 N–H and O–H groups in total. The van der Waals surface area contributed by atoms with Crippen molar-refractivity contribution in [3.8, 4) is 0 Å². The minimum Gasteiger partial charge on any atom is -0.336 e. The Morgan fingerprint density at radius 1 is 1.38 bits per heavy atom. The Labute approximate surface area is 161 Å². The summed E-state index contributed by atoms with van der Waals surface area (Å²) in [5, 5.41) is 11.8. The van der Waals surface area contributed by atoms with Gasteiger partial charge in [0.05, 0.1) is 23.0 Å². The lowest BCUT2D eigenvalue weighted by Crippen LogP contribution is -2.36. The molecule has 0 aliphatic carbocycles. The van der Waals surface area contributed by atoms with Crippen molar-refractivity contribution in [2.24, 2.45) is 0 Å². The van der Waals surface area contributed by atoms with E-state index in [1.165, 1.54) is 16.7 Å². The van der Waals surface area contributed by atoms with Crippen molar-refractivity contribution in [3.63, 3.8) is 0 Å². The van der Waals surface area contributed by atoms with Crippen molar-refractivity contribution in [1.29, 1.82) is 0 Å². The van der Waals surface area contributed by atoms with Crippen molar-refractivity contribution in [2.75, 3.05) is 24.7 Å². The van der Waals surface area contributed by atoms with Gasteiger partial charge >= 0.3 is 0 Å². The summed E-state index contributed by atoms with van der Waals surface area (Å²) in [6, 6.07) is 6.93. The van der Waals surface area contributed by atoms with Gasteiger partial charge < -0.3 is 14.8 Å². The number of para-hydroxylation sites is 1. The predicted octanol–water partition coefficient (Wildman–Crippen LogP) is 2.62. The average Bonchev–Trinajstić information content (AvgIpc) is 2.95. The number of rotatable bonds is 8. The number of likely N-dealkylation sites (N-methyl/N-ethyl adjacent to an activating group) is 1. The molecule has 1 aromatic carbocycles. The zero-order chi connectivity index (χ0) is 19.1. The standard InChI is InChI=1S/C17H20ClN5O2S/c1-4-9-23-12(2)20-21-17(23)26-11-16(25)22(3)10-15(24)19-14-8-6-5-7-13(14)18/h4-8H,1,9-11H2,2-3H3,(H,19,24). The van der Waals surface area contributed by atoms with E-state index in [1.807, 2.05) is 11.5 Å². The molecule has 9 heteroatoms. The highest BCUT2D eigenvalue weighted by Crippen LogP contribution is 2.20. The number of hydrogen-bond acceptors (Lipinski definition) is 5. The summed E-state index contributed by atoms with van der Waals surface area (Å²) in [4.78, 5) is 25.7. The fourth-order valence-corrected chi connectivity index (χ4v) is 3.22. The topological polar surface area (TPSA) is 80.1 Å². The van der Waals surface area contributed by atoms with Crippen molar-refractivity contribution in [2.45, 2.75) is 18.6 Å². The Hall–Kier alpha value is -2.32. The monoisotopic (exact) mass is 393 g/mol. The van der Waals surface area contributed by atoms with Crippen LogP contribution >= 0.6 is 23.4 Å². The van der Waals surface area contributed by atoms with Crippen molar-refractivity contribution in [1.82, 2.24) is 19.7 Å². The highest BCUT2D eigenvalue weighted by Gasteiger charge is 2.16. The van der Waals surface area contributed by atoms with E-state index in [0.29, 0.717) is 22.4 Å². The molecule has 0 saturated heterocycles. The maximum atomic E-state index is 12.3. The van der Waals surface area contributed by atoms with Gasteiger partial charge in [-0.05, 0) is 19.1 Å². The van der Waals surface area contributed by atoms with E-state index in [2.05, 4.69) is 22.1 Å². The summed E-state index contributed by atoms with van der Waals surface area (Å²) in [5.74, 6) is 0.414. The lowest BCUT2D eigenvalue weighted by molar-refractivity contribution is -0.131. The Balaban J connectivity index is 1.86. The molecule has 2 aromatic rings. The third kappa shape index (κ3) is 5.34. The summed E-state index contributed by atoms with van der Waals surface area (Å²) in [7, 11) is 1.58. The lowest BCUT2D eigenvalue weighted by atomic mass is 10.3. The minimum absolute atomic E-state index is 0.0665. The van der Waals surface area contributed by atoms with Crippen molar-refractivity contribution >= 4 is 40.9 Å². The van der Waals surface area contributed by atoms with Gasteiger partial charge in [0.15, 0.2) is 5.16 Å². The van der Waals surface area contributed by atoms with Gasteiger partial charge in [0.1, 0.15) is 5.82 Å². The molecule has 2 amide bonds. The largest absolute Gasteiger partial charge is 0.336 e. The number of carbonyl (C=O) groups excluding carboxylic acids is 2. The molecule has 0 saturated carbocycles. The van der Waals surface area contributed by atoms with Gasteiger partial charge in [0.2, 0.25) is 11.8 Å². The van der Waals surface area contributed by atoms with E-state index < -0.39 is 0 Å². The maximum Gasteiger partial charge on any atom is 0.244 e. The van der Waals surface area contributed by atoms with Crippen LogP contribution < -0.4 is 5.32 Å². The molecular weight excluding hydrogens is 374 g/mol. The van der Waals surface area contributed by atoms with E-state index in [1.54, 1.807) is 37.4 Å². The predicted molar refractivity (Wildman–Crippen MR) is 103 cm³/mol. The SMILES string of the molecule is C=CCn1c(C)nnc1SCC(=O)N(C)CC(=O)Nc1ccccc1Cl. The number of halogens is 1. The first kappa shape index (κ1) is 20.0. The number of aryl methyl sites for hydroxylation is 1. The second-order valence-corrected chi connectivity index (χ2v) is 6.85. The van der Waals surface area contributed by atoms with Crippen molar-refractivity contribution < 1.29 is 9.59 Å². The molecule has 0 atom stereocenters. The minimum atomic E-state index is -0.315. The normalized spacial score (nSPS) is 10.4. The van der Waals surface area contributed by atoms with Crippen LogP contribution in [0.15, 0.2) is 42.1 Å². The summed E-state index contributed by atoms with van der Waals surface area (Å²) in [6.07, 6.45) is 1.74. The summed E-state index contributed by atoms with van der Waals surface area (Å²) in [5.41, 5.74) is 0.516. The number of aromatic nitrogens is 3. The number of amides is 2. The number of nitrogens with one attached hydrogen (secondary N) is 1. The Morgan fingerprint density at radius 3 is 2.81 bits per heavy atom. The molecule has 138 valence electrons.